The van der Waals surface area contributed by atoms with Crippen molar-refractivity contribution in [3.05, 3.63) is 99.5 Å². The first-order valence-corrected chi connectivity index (χ1v) is 9.97. The monoisotopic (exact) mass is 492 g/mol. The number of aromatic nitrogens is 2. The van der Waals surface area contributed by atoms with Gasteiger partial charge < -0.3 is 5.11 Å². The van der Waals surface area contributed by atoms with E-state index in [9.17, 15) is 41.0 Å². The molecule has 0 spiro atoms. The minimum Gasteiger partial charge on any atom is -0.506 e. The van der Waals surface area contributed by atoms with Gasteiger partial charge in [0.1, 0.15) is 11.3 Å². The van der Waals surface area contributed by atoms with Gasteiger partial charge in [0.05, 0.1) is 22.2 Å². The summed E-state index contributed by atoms with van der Waals surface area (Å²) in [7, 11) is 0. The van der Waals surface area contributed by atoms with Crippen molar-refractivity contribution in [3.8, 4) is 11.4 Å². The number of nitrogens with zero attached hydrogens (tertiary/aromatic N) is 2. The van der Waals surface area contributed by atoms with Gasteiger partial charge in [-0.2, -0.15) is 26.3 Å². The van der Waals surface area contributed by atoms with Crippen LogP contribution in [0, 0.1) is 0 Å². The Kier molecular flexibility index (Phi) is 5.87. The second-order valence-electron chi connectivity index (χ2n) is 7.58. The van der Waals surface area contributed by atoms with E-state index < -0.39 is 52.6 Å². The number of aromatic hydroxyl groups is 1. The predicted molar refractivity (Wildman–Crippen MR) is 113 cm³/mol. The highest BCUT2D eigenvalue weighted by Crippen LogP contribution is 2.33. The Morgan fingerprint density at radius 2 is 1.54 bits per heavy atom. The van der Waals surface area contributed by atoms with E-state index in [-0.39, 0.29) is 22.3 Å². The average molecular weight is 492 g/mol. The van der Waals surface area contributed by atoms with Crippen LogP contribution < -0.4 is 5.56 Å². The lowest BCUT2D eigenvalue weighted by Crippen LogP contribution is -2.27. The van der Waals surface area contributed by atoms with Gasteiger partial charge in [-0.05, 0) is 48.0 Å². The molecule has 0 aliphatic heterocycles. The second kappa shape index (κ2) is 8.57. The molecule has 180 valence electrons. The van der Waals surface area contributed by atoms with Gasteiger partial charge in [0.25, 0.3) is 5.56 Å². The minimum absolute atomic E-state index is 0.0692. The Labute approximate surface area is 192 Å². The number of hydrogen-bond acceptors (Lipinski definition) is 4. The Balaban J connectivity index is 1.86. The summed E-state index contributed by atoms with van der Waals surface area (Å²) in [5, 5.41) is 10.6. The first-order chi connectivity index (χ1) is 16.4. The number of ketones is 1. The van der Waals surface area contributed by atoms with Crippen LogP contribution in [0.1, 0.15) is 27.0 Å². The predicted octanol–water partition coefficient (Wildman–Crippen LogP) is 5.55. The van der Waals surface area contributed by atoms with Gasteiger partial charge in [0.2, 0.25) is 0 Å². The fourth-order valence-corrected chi connectivity index (χ4v) is 3.60. The van der Waals surface area contributed by atoms with Gasteiger partial charge >= 0.3 is 12.4 Å². The van der Waals surface area contributed by atoms with Crippen LogP contribution in [0.4, 0.5) is 26.3 Å². The van der Waals surface area contributed by atoms with Crippen LogP contribution in [-0.2, 0) is 18.8 Å². The molecule has 2 aromatic heterocycles. The normalized spacial score (nSPS) is 12.2. The van der Waals surface area contributed by atoms with Crippen LogP contribution in [0.15, 0.2) is 71.7 Å². The van der Waals surface area contributed by atoms with E-state index in [1.807, 2.05) is 0 Å². The van der Waals surface area contributed by atoms with Crippen molar-refractivity contribution in [1.82, 2.24) is 9.55 Å². The van der Waals surface area contributed by atoms with Crippen LogP contribution in [0.2, 0.25) is 0 Å². The third-order valence-corrected chi connectivity index (χ3v) is 5.26. The number of carbonyl (C=O) groups is 1. The Morgan fingerprint density at radius 3 is 2.17 bits per heavy atom. The summed E-state index contributed by atoms with van der Waals surface area (Å²) in [6, 6.07) is 10.2. The molecule has 0 aliphatic carbocycles. The van der Waals surface area contributed by atoms with E-state index in [0.29, 0.717) is 6.07 Å². The SMILES string of the molecule is O=C(Cc1ccc(C(F)(F)F)cc1)c1c(O)c2cccnc2n(-c2cccc(C(F)(F)F)c2)c1=O. The van der Waals surface area contributed by atoms with E-state index in [1.54, 1.807) is 0 Å². The highest BCUT2D eigenvalue weighted by atomic mass is 19.4. The topological polar surface area (TPSA) is 72.2 Å². The fourth-order valence-electron chi connectivity index (χ4n) is 3.60. The molecule has 5 nitrogen and oxygen atoms in total. The number of carbonyl (C=O) groups excluding carboxylic acids is 1. The molecule has 0 unspecified atom stereocenters. The maximum absolute atomic E-state index is 13.3. The molecule has 2 aromatic carbocycles. The van der Waals surface area contributed by atoms with E-state index in [2.05, 4.69) is 4.98 Å². The number of alkyl halides is 6. The largest absolute Gasteiger partial charge is 0.506 e. The standard InChI is InChI=1S/C24H14F6N2O3/c25-23(26,27)14-8-6-13(7-9-14)11-18(33)19-20(34)17-5-2-10-31-21(17)32(22(19)35)16-4-1-3-15(12-16)24(28,29)30/h1-10,12,34H,11H2. The van der Waals surface area contributed by atoms with Crippen LogP contribution in [0.25, 0.3) is 16.7 Å². The quantitative estimate of drug-likeness (QED) is 0.299. The molecule has 0 radical (unpaired) electrons. The number of fused-ring (bicyclic) bond motifs is 1. The summed E-state index contributed by atoms with van der Waals surface area (Å²) in [5.41, 5.74) is -4.10. The number of benzene rings is 2. The molecule has 35 heavy (non-hydrogen) atoms. The van der Waals surface area contributed by atoms with Crippen molar-refractivity contribution in [2.75, 3.05) is 0 Å². The summed E-state index contributed by atoms with van der Waals surface area (Å²) in [6.45, 7) is 0. The molecule has 1 N–H and O–H groups in total. The van der Waals surface area contributed by atoms with Crippen molar-refractivity contribution in [2.45, 2.75) is 18.8 Å². The number of pyridine rings is 2. The molecule has 11 heteroatoms. The first kappa shape index (κ1) is 24.0. The highest BCUT2D eigenvalue weighted by Gasteiger charge is 2.32. The van der Waals surface area contributed by atoms with Crippen molar-refractivity contribution in [3.63, 3.8) is 0 Å². The molecule has 0 bridgehead atoms. The van der Waals surface area contributed by atoms with Crippen molar-refractivity contribution < 1.29 is 36.2 Å². The molecule has 2 heterocycles. The van der Waals surface area contributed by atoms with Crippen LogP contribution in [0.3, 0.4) is 0 Å². The molecule has 0 saturated heterocycles. The highest BCUT2D eigenvalue weighted by molar-refractivity contribution is 6.04. The van der Waals surface area contributed by atoms with Gasteiger partial charge in [-0.1, -0.05) is 18.2 Å². The van der Waals surface area contributed by atoms with E-state index in [1.165, 1.54) is 24.4 Å². The van der Waals surface area contributed by atoms with Crippen LogP contribution in [-0.4, -0.2) is 20.4 Å². The second-order valence-corrected chi connectivity index (χ2v) is 7.58. The summed E-state index contributed by atoms with van der Waals surface area (Å²) < 4.78 is 78.9. The molecule has 0 aliphatic rings. The van der Waals surface area contributed by atoms with Gasteiger partial charge in [0.15, 0.2) is 11.4 Å². The zero-order chi connectivity index (χ0) is 25.5. The fraction of sp³-hybridized carbons (Fsp3) is 0.125. The molecule has 0 atom stereocenters. The average Bonchev–Trinajstić information content (AvgIpc) is 2.79. The van der Waals surface area contributed by atoms with Crippen LogP contribution >= 0.6 is 0 Å². The lowest BCUT2D eigenvalue weighted by atomic mass is 10.0. The maximum Gasteiger partial charge on any atom is 0.416 e. The summed E-state index contributed by atoms with van der Waals surface area (Å²) in [5.74, 6) is -1.66. The lowest BCUT2D eigenvalue weighted by Gasteiger charge is -2.15. The zero-order valence-electron chi connectivity index (χ0n) is 17.5. The Hall–Kier alpha value is -4.15. The number of rotatable bonds is 4. The molecule has 4 aromatic rings. The third-order valence-electron chi connectivity index (χ3n) is 5.26. The van der Waals surface area contributed by atoms with Gasteiger partial charge in [-0.25, -0.2) is 4.98 Å². The number of hydrogen-bond donors (Lipinski definition) is 1. The minimum atomic E-state index is -4.71. The maximum atomic E-state index is 13.3. The van der Waals surface area contributed by atoms with Crippen molar-refractivity contribution in [1.29, 1.82) is 0 Å². The molecule has 4 rings (SSSR count). The molecule has 0 amide bonds. The molecular weight excluding hydrogens is 478 g/mol. The molecule has 0 fully saturated rings. The number of halogens is 6. The molecular formula is C24H14F6N2O3. The van der Waals surface area contributed by atoms with Crippen molar-refractivity contribution >= 4 is 16.8 Å². The van der Waals surface area contributed by atoms with E-state index in [0.717, 1.165) is 41.0 Å². The lowest BCUT2D eigenvalue weighted by molar-refractivity contribution is -0.138. The third kappa shape index (κ3) is 4.61. The van der Waals surface area contributed by atoms with Gasteiger partial charge in [-0.15, -0.1) is 0 Å². The Morgan fingerprint density at radius 1 is 0.886 bits per heavy atom. The zero-order valence-corrected chi connectivity index (χ0v) is 17.5. The smallest absolute Gasteiger partial charge is 0.416 e. The number of Topliss-reactive ketones (excluding diaryl/α,β-unsaturated/α-hetero) is 1. The molecule has 0 saturated carbocycles. The van der Waals surface area contributed by atoms with Gasteiger partial charge in [0, 0.05) is 12.6 Å². The Bertz CT molecular complexity index is 1490. The first-order valence-electron chi connectivity index (χ1n) is 9.97. The van der Waals surface area contributed by atoms with E-state index >= 15 is 0 Å². The van der Waals surface area contributed by atoms with Crippen molar-refractivity contribution in [2.24, 2.45) is 0 Å². The van der Waals surface area contributed by atoms with Crippen LogP contribution in [0.5, 0.6) is 5.75 Å². The van der Waals surface area contributed by atoms with Gasteiger partial charge in [-0.3, -0.25) is 14.2 Å². The summed E-state index contributed by atoms with van der Waals surface area (Å²) in [4.78, 5) is 30.3. The van der Waals surface area contributed by atoms with E-state index in [4.69, 9.17) is 0 Å². The summed E-state index contributed by atoms with van der Waals surface area (Å²) >= 11 is 0. The summed E-state index contributed by atoms with van der Waals surface area (Å²) in [6.07, 6.45) is -8.56.